The van der Waals surface area contributed by atoms with Gasteiger partial charge in [0, 0.05) is 13.4 Å². The van der Waals surface area contributed by atoms with Gasteiger partial charge in [0.1, 0.15) is 0 Å². The number of nitrogen functional groups attached to an aromatic ring is 1. The van der Waals surface area contributed by atoms with E-state index in [9.17, 15) is 4.79 Å². The first-order chi connectivity index (χ1) is 5.95. The molecule has 0 bridgehead atoms. The highest BCUT2D eigenvalue weighted by Crippen LogP contribution is 2.35. The molecular weight excluding hydrogens is 368 g/mol. The summed E-state index contributed by atoms with van der Waals surface area (Å²) in [6, 6.07) is 1.74. The van der Waals surface area contributed by atoms with Crippen molar-refractivity contribution < 1.29 is 4.79 Å². The summed E-state index contributed by atoms with van der Waals surface area (Å²) in [5.41, 5.74) is 11.4. The molecule has 0 fully saturated rings. The van der Waals surface area contributed by atoms with Gasteiger partial charge in [-0.25, -0.2) is 0 Å². The van der Waals surface area contributed by atoms with Crippen LogP contribution < -0.4 is 11.5 Å². The second-order valence-corrected chi connectivity index (χ2v) is 4.81. The normalized spacial score (nSPS) is 10.1. The third-order valence-corrected chi connectivity index (χ3v) is 4.09. The van der Waals surface area contributed by atoms with E-state index in [1.807, 2.05) is 0 Å². The van der Waals surface area contributed by atoms with Crippen LogP contribution in [0, 0.1) is 0 Å². The Bertz CT molecular complexity index is 352. The van der Waals surface area contributed by atoms with Crippen molar-refractivity contribution in [2.75, 3.05) is 5.73 Å². The van der Waals surface area contributed by atoms with Crippen LogP contribution in [0.4, 0.5) is 5.69 Å². The molecular formula is C7H5Br3N2O. The molecule has 1 rings (SSSR count). The van der Waals surface area contributed by atoms with E-state index in [0.29, 0.717) is 14.6 Å². The second kappa shape index (κ2) is 3.98. The first kappa shape index (κ1) is 11.0. The standard InChI is InChI=1S/C7H5Br3N2O/c8-2-1-3(9)6(11)4(5(2)10)7(12)13/h1H,11H2,(H2,12,13). The summed E-state index contributed by atoms with van der Waals surface area (Å²) in [4.78, 5) is 11.0. The summed E-state index contributed by atoms with van der Waals surface area (Å²) in [5, 5.41) is 0. The lowest BCUT2D eigenvalue weighted by molar-refractivity contribution is 0.100. The highest BCUT2D eigenvalue weighted by atomic mass is 79.9. The van der Waals surface area contributed by atoms with Gasteiger partial charge in [-0.2, -0.15) is 0 Å². The summed E-state index contributed by atoms with van der Waals surface area (Å²) < 4.78 is 1.93. The Labute approximate surface area is 100 Å². The van der Waals surface area contributed by atoms with Crippen molar-refractivity contribution in [2.24, 2.45) is 5.73 Å². The highest BCUT2D eigenvalue weighted by molar-refractivity contribution is 9.13. The largest absolute Gasteiger partial charge is 0.397 e. The van der Waals surface area contributed by atoms with E-state index in [-0.39, 0.29) is 5.56 Å². The zero-order chi connectivity index (χ0) is 10.2. The lowest BCUT2D eigenvalue weighted by atomic mass is 10.2. The van der Waals surface area contributed by atoms with Gasteiger partial charge in [0.05, 0.1) is 11.3 Å². The molecule has 1 aromatic rings. The fourth-order valence-electron chi connectivity index (χ4n) is 0.850. The van der Waals surface area contributed by atoms with Crippen LogP contribution in [0.5, 0.6) is 0 Å². The van der Waals surface area contributed by atoms with Crippen molar-refractivity contribution in [1.29, 1.82) is 0 Å². The molecule has 1 amide bonds. The molecule has 3 nitrogen and oxygen atoms in total. The minimum atomic E-state index is -0.564. The third-order valence-electron chi connectivity index (χ3n) is 1.46. The SMILES string of the molecule is NC(=O)c1c(N)c(Br)cc(Br)c1Br. The first-order valence-electron chi connectivity index (χ1n) is 3.18. The monoisotopic (exact) mass is 370 g/mol. The number of amides is 1. The molecule has 0 spiro atoms. The minimum Gasteiger partial charge on any atom is -0.397 e. The van der Waals surface area contributed by atoms with Crippen molar-refractivity contribution in [3.63, 3.8) is 0 Å². The zero-order valence-electron chi connectivity index (χ0n) is 6.27. The summed E-state index contributed by atoms with van der Waals surface area (Å²) in [6.45, 7) is 0. The lowest BCUT2D eigenvalue weighted by Gasteiger charge is -2.08. The molecule has 0 aromatic heterocycles. The van der Waals surface area contributed by atoms with Crippen LogP contribution >= 0.6 is 47.8 Å². The van der Waals surface area contributed by atoms with Crippen molar-refractivity contribution in [3.05, 3.63) is 25.0 Å². The van der Waals surface area contributed by atoms with Crippen LogP contribution in [0.25, 0.3) is 0 Å². The molecule has 1 aromatic carbocycles. The molecule has 0 aliphatic rings. The van der Waals surface area contributed by atoms with E-state index in [1.54, 1.807) is 6.07 Å². The number of benzene rings is 1. The predicted octanol–water partition coefficient (Wildman–Crippen LogP) is 2.66. The van der Waals surface area contributed by atoms with Gasteiger partial charge in [-0.3, -0.25) is 4.79 Å². The maximum atomic E-state index is 11.0. The van der Waals surface area contributed by atoms with Crippen molar-refractivity contribution >= 4 is 59.4 Å². The quantitative estimate of drug-likeness (QED) is 0.587. The predicted molar refractivity (Wildman–Crippen MR) is 62.5 cm³/mol. The second-order valence-electron chi connectivity index (χ2n) is 2.31. The number of primary amides is 1. The van der Waals surface area contributed by atoms with Crippen molar-refractivity contribution in [2.45, 2.75) is 0 Å². The summed E-state index contributed by atoms with van der Waals surface area (Å²) in [7, 11) is 0. The Morgan fingerprint density at radius 3 is 2.23 bits per heavy atom. The number of nitrogens with two attached hydrogens (primary N) is 2. The third kappa shape index (κ3) is 2.05. The Kier molecular flexibility index (Phi) is 3.37. The zero-order valence-corrected chi connectivity index (χ0v) is 11.0. The Morgan fingerprint density at radius 1 is 1.23 bits per heavy atom. The van der Waals surface area contributed by atoms with E-state index < -0.39 is 5.91 Å². The maximum Gasteiger partial charge on any atom is 0.252 e. The fourth-order valence-corrected chi connectivity index (χ4v) is 2.54. The van der Waals surface area contributed by atoms with Crippen LogP contribution in [-0.4, -0.2) is 5.91 Å². The average molecular weight is 373 g/mol. The molecule has 0 saturated carbocycles. The number of carbonyl (C=O) groups is 1. The first-order valence-corrected chi connectivity index (χ1v) is 5.55. The van der Waals surface area contributed by atoms with Gasteiger partial charge in [-0.15, -0.1) is 0 Å². The van der Waals surface area contributed by atoms with Gasteiger partial charge in [-0.05, 0) is 53.9 Å². The van der Waals surface area contributed by atoms with Crippen LogP contribution in [-0.2, 0) is 0 Å². The van der Waals surface area contributed by atoms with Gasteiger partial charge in [0.2, 0.25) is 0 Å². The van der Waals surface area contributed by atoms with E-state index >= 15 is 0 Å². The topological polar surface area (TPSA) is 69.1 Å². The number of carbonyl (C=O) groups excluding carboxylic acids is 1. The highest BCUT2D eigenvalue weighted by Gasteiger charge is 2.15. The van der Waals surface area contributed by atoms with Crippen LogP contribution in [0.15, 0.2) is 19.5 Å². The number of hydrogen-bond acceptors (Lipinski definition) is 2. The molecule has 4 N–H and O–H groups in total. The molecule has 0 heterocycles. The van der Waals surface area contributed by atoms with E-state index in [4.69, 9.17) is 11.5 Å². The fraction of sp³-hybridized carbons (Fsp3) is 0. The summed E-state index contributed by atoms with van der Waals surface area (Å²) in [6.07, 6.45) is 0. The van der Waals surface area contributed by atoms with Gasteiger partial charge in [0.15, 0.2) is 0 Å². The number of rotatable bonds is 1. The van der Waals surface area contributed by atoms with Gasteiger partial charge in [-0.1, -0.05) is 0 Å². The minimum absolute atomic E-state index is 0.279. The molecule has 0 unspecified atom stereocenters. The average Bonchev–Trinajstić information content (AvgIpc) is 2.01. The van der Waals surface area contributed by atoms with Gasteiger partial charge >= 0.3 is 0 Å². The molecule has 0 aliphatic carbocycles. The smallest absolute Gasteiger partial charge is 0.252 e. The van der Waals surface area contributed by atoms with E-state index in [0.717, 1.165) is 4.47 Å². The molecule has 0 atom stereocenters. The summed E-state index contributed by atoms with van der Waals surface area (Å²) in [5.74, 6) is -0.564. The van der Waals surface area contributed by atoms with Gasteiger partial charge in [0.25, 0.3) is 5.91 Å². The number of anilines is 1. The molecule has 0 aliphatic heterocycles. The molecule has 13 heavy (non-hydrogen) atoms. The molecule has 6 heteroatoms. The van der Waals surface area contributed by atoms with Crippen molar-refractivity contribution in [1.82, 2.24) is 0 Å². The number of halogens is 3. The van der Waals surface area contributed by atoms with E-state index in [2.05, 4.69) is 47.8 Å². The maximum absolute atomic E-state index is 11.0. The molecule has 0 radical (unpaired) electrons. The van der Waals surface area contributed by atoms with Crippen LogP contribution in [0.3, 0.4) is 0 Å². The Hall–Kier alpha value is -0.0700. The van der Waals surface area contributed by atoms with Crippen molar-refractivity contribution in [3.8, 4) is 0 Å². The van der Waals surface area contributed by atoms with Gasteiger partial charge < -0.3 is 11.5 Å². The van der Waals surface area contributed by atoms with Crippen LogP contribution in [0.1, 0.15) is 10.4 Å². The van der Waals surface area contributed by atoms with Crippen LogP contribution in [0.2, 0.25) is 0 Å². The molecule has 70 valence electrons. The lowest BCUT2D eigenvalue weighted by Crippen LogP contribution is -2.14. The number of hydrogen-bond donors (Lipinski definition) is 2. The molecule has 0 saturated heterocycles. The van der Waals surface area contributed by atoms with E-state index in [1.165, 1.54) is 0 Å². The summed E-state index contributed by atoms with van der Waals surface area (Å²) >= 11 is 9.69. The Morgan fingerprint density at radius 2 is 1.77 bits per heavy atom. The Balaban J connectivity index is 3.56.